The van der Waals surface area contributed by atoms with Gasteiger partial charge in [0.25, 0.3) is 0 Å². The smallest absolute Gasteiger partial charge is 0.236 e. The molecular weight excluding hydrogens is 306 g/mol. The van der Waals surface area contributed by atoms with Crippen molar-refractivity contribution in [3.63, 3.8) is 0 Å². The first kappa shape index (κ1) is 14.5. The standard InChI is InChI=1S/C14H20BrN3O/c1-2-12(10-3-5-11(15)6-4-10)18-8-7-17-9-13(18)14(16)19/h3-6,12-13,17H,2,7-9H2,1H3,(H2,16,19). The molecule has 1 aliphatic rings. The molecule has 3 N–H and O–H groups in total. The van der Waals surface area contributed by atoms with Crippen molar-refractivity contribution >= 4 is 21.8 Å². The third-order valence-corrected chi connectivity index (χ3v) is 4.18. The van der Waals surface area contributed by atoms with E-state index in [0.29, 0.717) is 6.54 Å². The van der Waals surface area contributed by atoms with E-state index >= 15 is 0 Å². The summed E-state index contributed by atoms with van der Waals surface area (Å²) in [6, 6.07) is 8.32. The van der Waals surface area contributed by atoms with Gasteiger partial charge in [0.15, 0.2) is 0 Å². The Morgan fingerprint density at radius 3 is 2.79 bits per heavy atom. The van der Waals surface area contributed by atoms with Gasteiger partial charge in [0.1, 0.15) is 6.04 Å². The van der Waals surface area contributed by atoms with Gasteiger partial charge in [-0.1, -0.05) is 35.0 Å². The molecule has 4 nitrogen and oxygen atoms in total. The molecule has 2 unspecified atom stereocenters. The summed E-state index contributed by atoms with van der Waals surface area (Å²) in [5, 5.41) is 3.24. The van der Waals surface area contributed by atoms with Gasteiger partial charge in [0.05, 0.1) is 0 Å². The maximum atomic E-state index is 11.6. The van der Waals surface area contributed by atoms with Crippen LogP contribution in [0.5, 0.6) is 0 Å². The Morgan fingerprint density at radius 2 is 2.21 bits per heavy atom. The number of amides is 1. The van der Waals surface area contributed by atoms with Crippen LogP contribution in [0, 0.1) is 0 Å². The van der Waals surface area contributed by atoms with Crippen LogP contribution in [0.1, 0.15) is 24.9 Å². The molecule has 0 aliphatic carbocycles. The van der Waals surface area contributed by atoms with Gasteiger partial charge < -0.3 is 11.1 Å². The van der Waals surface area contributed by atoms with E-state index < -0.39 is 0 Å². The Balaban J connectivity index is 2.24. The molecule has 0 radical (unpaired) electrons. The van der Waals surface area contributed by atoms with E-state index in [4.69, 9.17) is 5.73 Å². The van der Waals surface area contributed by atoms with E-state index in [0.717, 1.165) is 24.0 Å². The van der Waals surface area contributed by atoms with Crippen LogP contribution in [-0.4, -0.2) is 36.5 Å². The van der Waals surface area contributed by atoms with Gasteiger partial charge >= 0.3 is 0 Å². The lowest BCUT2D eigenvalue weighted by Gasteiger charge is -2.40. The first-order valence-corrected chi connectivity index (χ1v) is 7.44. The number of nitrogens with one attached hydrogen (secondary N) is 1. The highest BCUT2D eigenvalue weighted by Crippen LogP contribution is 2.27. The van der Waals surface area contributed by atoms with Crippen molar-refractivity contribution in [1.82, 2.24) is 10.2 Å². The van der Waals surface area contributed by atoms with Gasteiger partial charge in [-0.15, -0.1) is 0 Å². The average Bonchev–Trinajstić information content (AvgIpc) is 2.42. The Bertz CT molecular complexity index is 435. The van der Waals surface area contributed by atoms with Crippen molar-refractivity contribution in [2.45, 2.75) is 25.4 Å². The summed E-state index contributed by atoms with van der Waals surface area (Å²) in [6.45, 7) is 4.54. The van der Waals surface area contributed by atoms with E-state index in [-0.39, 0.29) is 18.0 Å². The summed E-state index contributed by atoms with van der Waals surface area (Å²) in [6.07, 6.45) is 0.964. The van der Waals surface area contributed by atoms with E-state index in [2.05, 4.69) is 45.2 Å². The first-order valence-electron chi connectivity index (χ1n) is 6.64. The van der Waals surface area contributed by atoms with E-state index in [1.54, 1.807) is 0 Å². The van der Waals surface area contributed by atoms with Crippen molar-refractivity contribution in [2.24, 2.45) is 5.73 Å². The fourth-order valence-corrected chi connectivity index (χ4v) is 2.97. The Labute approximate surface area is 122 Å². The number of hydrogen-bond donors (Lipinski definition) is 2. The Morgan fingerprint density at radius 1 is 1.53 bits per heavy atom. The number of primary amides is 1. The fraction of sp³-hybridized carbons (Fsp3) is 0.500. The molecule has 19 heavy (non-hydrogen) atoms. The molecule has 1 saturated heterocycles. The second kappa shape index (κ2) is 6.50. The molecule has 1 amide bonds. The second-order valence-electron chi connectivity index (χ2n) is 4.84. The van der Waals surface area contributed by atoms with Crippen LogP contribution in [0.3, 0.4) is 0 Å². The highest BCUT2D eigenvalue weighted by Gasteiger charge is 2.32. The quantitative estimate of drug-likeness (QED) is 0.885. The van der Waals surface area contributed by atoms with Crippen molar-refractivity contribution in [1.29, 1.82) is 0 Å². The highest BCUT2D eigenvalue weighted by molar-refractivity contribution is 9.10. The minimum absolute atomic E-state index is 0.220. The predicted octanol–water partition coefficient (Wildman–Crippen LogP) is 1.66. The summed E-state index contributed by atoms with van der Waals surface area (Å²) in [5.41, 5.74) is 6.76. The molecule has 104 valence electrons. The molecule has 1 fully saturated rings. The molecule has 0 aromatic heterocycles. The van der Waals surface area contributed by atoms with Gasteiger partial charge in [-0.25, -0.2) is 0 Å². The molecule has 5 heteroatoms. The van der Waals surface area contributed by atoms with Gasteiger partial charge in [-0.3, -0.25) is 9.69 Å². The van der Waals surface area contributed by atoms with E-state index in [1.807, 2.05) is 12.1 Å². The largest absolute Gasteiger partial charge is 0.368 e. The minimum Gasteiger partial charge on any atom is -0.368 e. The molecule has 1 heterocycles. The molecule has 1 aromatic carbocycles. The zero-order chi connectivity index (χ0) is 13.8. The van der Waals surface area contributed by atoms with Crippen LogP contribution >= 0.6 is 15.9 Å². The molecule has 2 atom stereocenters. The summed E-state index contributed by atoms with van der Waals surface area (Å²) >= 11 is 3.45. The van der Waals surface area contributed by atoms with Crippen molar-refractivity contribution in [3.8, 4) is 0 Å². The summed E-state index contributed by atoms with van der Waals surface area (Å²) in [5.74, 6) is -0.247. The third-order valence-electron chi connectivity index (χ3n) is 3.66. The lowest BCUT2D eigenvalue weighted by atomic mass is 9.99. The predicted molar refractivity (Wildman–Crippen MR) is 79.7 cm³/mol. The number of nitrogens with zero attached hydrogens (tertiary/aromatic N) is 1. The first-order chi connectivity index (χ1) is 9.13. The molecule has 2 rings (SSSR count). The summed E-state index contributed by atoms with van der Waals surface area (Å²) in [7, 11) is 0. The number of benzene rings is 1. The maximum Gasteiger partial charge on any atom is 0.236 e. The van der Waals surface area contributed by atoms with Gasteiger partial charge in [-0.2, -0.15) is 0 Å². The number of carbonyl (C=O) groups is 1. The number of hydrogen-bond acceptors (Lipinski definition) is 3. The molecule has 1 aromatic rings. The zero-order valence-electron chi connectivity index (χ0n) is 11.1. The number of carbonyl (C=O) groups excluding carboxylic acids is 1. The lowest BCUT2D eigenvalue weighted by molar-refractivity contribution is -0.125. The molecule has 0 saturated carbocycles. The van der Waals surface area contributed by atoms with Gasteiger partial charge in [-0.05, 0) is 24.1 Å². The van der Waals surface area contributed by atoms with Crippen molar-refractivity contribution < 1.29 is 4.79 Å². The third kappa shape index (κ3) is 3.35. The Hall–Kier alpha value is -0.910. The molecule has 0 bridgehead atoms. The zero-order valence-corrected chi connectivity index (χ0v) is 12.7. The average molecular weight is 326 g/mol. The van der Waals surface area contributed by atoms with Crippen molar-refractivity contribution in [2.75, 3.05) is 19.6 Å². The van der Waals surface area contributed by atoms with Crippen LogP contribution in [0.25, 0.3) is 0 Å². The molecule has 1 aliphatic heterocycles. The van der Waals surface area contributed by atoms with E-state index in [9.17, 15) is 4.79 Å². The highest BCUT2D eigenvalue weighted by atomic mass is 79.9. The van der Waals surface area contributed by atoms with Gasteiger partial charge in [0, 0.05) is 30.1 Å². The van der Waals surface area contributed by atoms with Gasteiger partial charge in [0.2, 0.25) is 5.91 Å². The number of halogens is 1. The van der Waals surface area contributed by atoms with Crippen LogP contribution in [0.15, 0.2) is 28.7 Å². The second-order valence-corrected chi connectivity index (χ2v) is 5.75. The lowest BCUT2D eigenvalue weighted by Crippen LogP contribution is -2.57. The number of nitrogens with two attached hydrogens (primary N) is 1. The van der Waals surface area contributed by atoms with Crippen LogP contribution in [-0.2, 0) is 4.79 Å². The summed E-state index contributed by atoms with van der Waals surface area (Å²) in [4.78, 5) is 13.8. The van der Waals surface area contributed by atoms with Crippen LogP contribution in [0.2, 0.25) is 0 Å². The summed E-state index contributed by atoms with van der Waals surface area (Å²) < 4.78 is 1.07. The maximum absolute atomic E-state index is 11.6. The fourth-order valence-electron chi connectivity index (χ4n) is 2.70. The monoisotopic (exact) mass is 325 g/mol. The molecule has 0 spiro atoms. The Kier molecular flexibility index (Phi) is 4.96. The minimum atomic E-state index is -0.247. The van der Waals surface area contributed by atoms with Crippen molar-refractivity contribution in [3.05, 3.63) is 34.3 Å². The van der Waals surface area contributed by atoms with Crippen LogP contribution in [0.4, 0.5) is 0 Å². The SMILES string of the molecule is CCC(c1ccc(Br)cc1)N1CCNCC1C(N)=O. The number of piperazine rings is 1. The van der Waals surface area contributed by atoms with Crippen LogP contribution < -0.4 is 11.1 Å². The molecular formula is C14H20BrN3O. The normalized spacial score (nSPS) is 22.1. The topological polar surface area (TPSA) is 58.4 Å². The van der Waals surface area contributed by atoms with E-state index in [1.165, 1.54) is 5.56 Å². The number of rotatable bonds is 4.